The Hall–Kier alpha value is -2.26. The maximum atomic E-state index is 13.2. The molecule has 3 heterocycles. The van der Waals surface area contributed by atoms with Crippen LogP contribution in [0.2, 0.25) is 0 Å². The van der Waals surface area contributed by atoms with Gasteiger partial charge in [-0.1, -0.05) is 35.2 Å². The Balaban J connectivity index is 1.66. The van der Waals surface area contributed by atoms with E-state index in [4.69, 9.17) is 0 Å². The van der Waals surface area contributed by atoms with Crippen molar-refractivity contribution in [2.24, 2.45) is 0 Å². The predicted octanol–water partition coefficient (Wildman–Crippen LogP) is 2.51. The maximum absolute atomic E-state index is 13.2. The summed E-state index contributed by atoms with van der Waals surface area (Å²) in [5, 5.41) is 8.77. The third-order valence-electron chi connectivity index (χ3n) is 4.72. The van der Waals surface area contributed by atoms with Gasteiger partial charge in [0.1, 0.15) is 11.0 Å². The fourth-order valence-corrected chi connectivity index (χ4v) is 5.15. The van der Waals surface area contributed by atoms with Gasteiger partial charge in [0, 0.05) is 6.54 Å². The number of para-hydroxylation sites is 1. The normalized spacial score (nSPS) is 19.5. The molecule has 3 amide bonds. The van der Waals surface area contributed by atoms with E-state index >= 15 is 0 Å². The van der Waals surface area contributed by atoms with Crippen LogP contribution in [0.3, 0.4) is 0 Å². The SMILES string of the molecule is Cc1nnc(SCC(=O)N2C(=O)[C@@H]3CCCCN3C(=O)c3ccccc32)s1. The quantitative estimate of drug-likeness (QED) is 0.734. The highest BCUT2D eigenvalue weighted by Gasteiger charge is 2.42. The molecule has 140 valence electrons. The second kappa shape index (κ2) is 7.40. The molecule has 0 N–H and O–H groups in total. The van der Waals surface area contributed by atoms with Crippen molar-refractivity contribution < 1.29 is 14.4 Å². The highest BCUT2D eigenvalue weighted by atomic mass is 32.2. The van der Waals surface area contributed by atoms with Gasteiger partial charge in [0.15, 0.2) is 4.34 Å². The number of rotatable bonds is 3. The molecule has 0 radical (unpaired) electrons. The third-order valence-corrected chi connectivity index (χ3v) is 6.68. The molecule has 2 aliphatic rings. The monoisotopic (exact) mass is 402 g/mol. The molecule has 1 aromatic heterocycles. The fourth-order valence-electron chi connectivity index (χ4n) is 3.49. The molecule has 1 atom stereocenters. The average Bonchev–Trinajstić information content (AvgIpc) is 3.08. The standard InChI is InChI=1S/C18H18N4O3S2/c1-11-19-20-18(27-11)26-10-15(23)22-13-7-3-2-6-12(13)16(24)21-9-5-4-8-14(21)17(22)25/h2-3,6-7,14H,4-5,8-10H2,1H3/t14-/m0/s1. The van der Waals surface area contributed by atoms with Gasteiger partial charge in [-0.3, -0.25) is 14.4 Å². The van der Waals surface area contributed by atoms with Crippen molar-refractivity contribution in [2.75, 3.05) is 17.2 Å². The summed E-state index contributed by atoms with van der Waals surface area (Å²) in [4.78, 5) is 42.0. The second-order valence-corrected chi connectivity index (χ2v) is 8.87. The van der Waals surface area contributed by atoms with Crippen LogP contribution >= 0.6 is 23.1 Å². The van der Waals surface area contributed by atoms with E-state index in [0.717, 1.165) is 17.8 Å². The topological polar surface area (TPSA) is 83.5 Å². The van der Waals surface area contributed by atoms with Crippen LogP contribution < -0.4 is 4.90 Å². The summed E-state index contributed by atoms with van der Waals surface area (Å²) < 4.78 is 0.687. The van der Waals surface area contributed by atoms with Crippen LogP contribution in [0, 0.1) is 6.92 Å². The van der Waals surface area contributed by atoms with Gasteiger partial charge in [0.25, 0.3) is 11.8 Å². The number of imide groups is 1. The number of aromatic nitrogens is 2. The molecule has 1 aromatic carbocycles. The van der Waals surface area contributed by atoms with Crippen molar-refractivity contribution in [2.45, 2.75) is 36.6 Å². The van der Waals surface area contributed by atoms with E-state index in [9.17, 15) is 14.4 Å². The molecule has 1 saturated heterocycles. The molecule has 9 heteroatoms. The molecule has 0 aliphatic carbocycles. The Morgan fingerprint density at radius 3 is 2.85 bits per heavy atom. The fraction of sp³-hybridized carbons (Fsp3) is 0.389. The van der Waals surface area contributed by atoms with E-state index in [2.05, 4.69) is 10.2 Å². The smallest absolute Gasteiger partial charge is 0.256 e. The Morgan fingerprint density at radius 1 is 1.26 bits per heavy atom. The minimum atomic E-state index is -0.573. The van der Waals surface area contributed by atoms with Crippen LogP contribution in [-0.4, -0.2) is 51.2 Å². The zero-order valence-electron chi connectivity index (χ0n) is 14.8. The van der Waals surface area contributed by atoms with E-state index in [1.54, 1.807) is 29.2 Å². The number of hydrogen-bond donors (Lipinski definition) is 0. The number of nitrogens with zero attached hydrogens (tertiary/aromatic N) is 4. The summed E-state index contributed by atoms with van der Waals surface area (Å²) in [5.41, 5.74) is 0.779. The zero-order chi connectivity index (χ0) is 19.0. The summed E-state index contributed by atoms with van der Waals surface area (Å²) >= 11 is 2.67. The zero-order valence-corrected chi connectivity index (χ0v) is 16.4. The van der Waals surface area contributed by atoms with Crippen molar-refractivity contribution in [1.29, 1.82) is 0 Å². The molecule has 0 unspecified atom stereocenters. The Morgan fingerprint density at radius 2 is 2.07 bits per heavy atom. The minimum Gasteiger partial charge on any atom is -0.327 e. The van der Waals surface area contributed by atoms with Crippen LogP contribution in [0.5, 0.6) is 0 Å². The second-order valence-electron chi connectivity index (χ2n) is 6.47. The van der Waals surface area contributed by atoms with E-state index < -0.39 is 6.04 Å². The molecule has 1 fully saturated rings. The first-order valence-electron chi connectivity index (χ1n) is 8.76. The van der Waals surface area contributed by atoms with Crippen LogP contribution in [-0.2, 0) is 9.59 Å². The number of fused-ring (bicyclic) bond motifs is 2. The lowest BCUT2D eigenvalue weighted by Crippen LogP contribution is -2.52. The molecule has 2 aliphatic heterocycles. The Kier molecular flexibility index (Phi) is 4.96. The van der Waals surface area contributed by atoms with Gasteiger partial charge in [-0.15, -0.1) is 10.2 Å². The van der Waals surface area contributed by atoms with Gasteiger partial charge in [-0.2, -0.15) is 0 Å². The Labute approximate surface area is 164 Å². The van der Waals surface area contributed by atoms with Gasteiger partial charge in [-0.25, -0.2) is 4.90 Å². The van der Waals surface area contributed by atoms with Crippen LogP contribution in [0.1, 0.15) is 34.6 Å². The molecule has 0 saturated carbocycles. The van der Waals surface area contributed by atoms with Crippen LogP contribution in [0.15, 0.2) is 28.6 Å². The van der Waals surface area contributed by atoms with E-state index in [1.165, 1.54) is 28.0 Å². The summed E-state index contributed by atoms with van der Waals surface area (Å²) in [6, 6.07) is 6.28. The van der Waals surface area contributed by atoms with Crippen molar-refractivity contribution >= 4 is 46.5 Å². The van der Waals surface area contributed by atoms with Crippen molar-refractivity contribution in [3.63, 3.8) is 0 Å². The number of aryl methyl sites for hydroxylation is 1. The van der Waals surface area contributed by atoms with Crippen molar-refractivity contribution in [1.82, 2.24) is 15.1 Å². The lowest BCUT2D eigenvalue weighted by Gasteiger charge is -2.33. The number of piperidine rings is 1. The van der Waals surface area contributed by atoms with Gasteiger partial charge >= 0.3 is 0 Å². The van der Waals surface area contributed by atoms with Crippen molar-refractivity contribution in [3.05, 3.63) is 34.8 Å². The first-order valence-corrected chi connectivity index (χ1v) is 10.6. The molecule has 2 aromatic rings. The van der Waals surface area contributed by atoms with Crippen LogP contribution in [0.4, 0.5) is 5.69 Å². The molecular weight excluding hydrogens is 384 g/mol. The number of thioether (sulfide) groups is 1. The molecule has 4 rings (SSSR count). The largest absolute Gasteiger partial charge is 0.327 e. The summed E-state index contributed by atoms with van der Waals surface area (Å²) in [5.74, 6) is -0.765. The lowest BCUT2D eigenvalue weighted by atomic mass is 10.0. The number of amides is 3. The molecule has 27 heavy (non-hydrogen) atoms. The number of hydrogen-bond acceptors (Lipinski definition) is 7. The summed E-state index contributed by atoms with van der Waals surface area (Å²) in [7, 11) is 0. The molecule has 7 nitrogen and oxygen atoms in total. The molecule has 0 bridgehead atoms. The number of benzene rings is 1. The van der Waals surface area contributed by atoms with E-state index in [0.29, 0.717) is 28.6 Å². The highest BCUT2D eigenvalue weighted by molar-refractivity contribution is 8.01. The molecular formula is C18H18N4O3S2. The van der Waals surface area contributed by atoms with Gasteiger partial charge < -0.3 is 4.90 Å². The minimum absolute atomic E-state index is 0.0651. The lowest BCUT2D eigenvalue weighted by molar-refractivity contribution is -0.128. The van der Waals surface area contributed by atoms with E-state index in [1.807, 2.05) is 6.92 Å². The Bertz CT molecular complexity index is 914. The van der Waals surface area contributed by atoms with E-state index in [-0.39, 0.29) is 23.5 Å². The number of carbonyl (C=O) groups is 3. The third kappa shape index (κ3) is 3.37. The van der Waals surface area contributed by atoms with Gasteiger partial charge in [0.05, 0.1) is 17.0 Å². The first kappa shape index (κ1) is 18.1. The number of carbonyl (C=O) groups excluding carboxylic acids is 3. The molecule has 0 spiro atoms. The first-order chi connectivity index (χ1) is 13.1. The number of anilines is 1. The summed E-state index contributed by atoms with van der Waals surface area (Å²) in [6.07, 6.45) is 2.33. The van der Waals surface area contributed by atoms with Crippen LogP contribution in [0.25, 0.3) is 0 Å². The average molecular weight is 403 g/mol. The van der Waals surface area contributed by atoms with Crippen molar-refractivity contribution in [3.8, 4) is 0 Å². The highest BCUT2D eigenvalue weighted by Crippen LogP contribution is 2.33. The van der Waals surface area contributed by atoms with Gasteiger partial charge in [-0.05, 0) is 38.3 Å². The van der Waals surface area contributed by atoms with Gasteiger partial charge in [0.2, 0.25) is 5.91 Å². The summed E-state index contributed by atoms with van der Waals surface area (Å²) in [6.45, 7) is 2.39. The maximum Gasteiger partial charge on any atom is 0.256 e. The predicted molar refractivity (Wildman–Crippen MR) is 103 cm³/mol.